The molecule has 20 heavy (non-hydrogen) atoms. The van der Waals surface area contributed by atoms with Crippen LogP contribution in [0.2, 0.25) is 2.82 Å². The van der Waals surface area contributed by atoms with Gasteiger partial charge in [0, 0.05) is 37.3 Å². The highest BCUT2D eigenvalue weighted by Gasteiger charge is 2.11. The summed E-state index contributed by atoms with van der Waals surface area (Å²) < 4.78 is 126. The molecule has 0 saturated heterocycles. The average molecular weight is 308 g/mol. The summed E-state index contributed by atoms with van der Waals surface area (Å²) in [6.07, 6.45) is -4.34. The van der Waals surface area contributed by atoms with Crippen LogP contribution in [0.15, 0.2) is 24.4 Å². The summed E-state index contributed by atoms with van der Waals surface area (Å²) in [7, 11) is -3.10. The Morgan fingerprint density at radius 3 is 3.10 bits per heavy atom. The SMILES string of the molecule is [2H]c1c(C([2H])([2H])C([2H])([2H])N(C([2H])([2H])[2H])C([2H])([2H])[2H])c2cc(CS(=O)(=O)N([2H])C)ccc2n1[2H]. The van der Waals surface area contributed by atoms with Crippen molar-refractivity contribution >= 4 is 20.9 Å². The minimum atomic E-state index is -4.08. The normalized spacial score (nSPS) is 24.9. The van der Waals surface area contributed by atoms with E-state index in [1.165, 1.54) is 12.1 Å². The first-order valence-electron chi connectivity index (χ1n) is 11.9. The smallest absolute Gasteiger partial charge is 0.215 e. The van der Waals surface area contributed by atoms with Crippen LogP contribution in [0.5, 0.6) is 0 Å². The third kappa shape index (κ3) is 3.59. The van der Waals surface area contributed by atoms with E-state index in [4.69, 9.17) is 17.9 Å². The summed E-state index contributed by atoms with van der Waals surface area (Å²) in [6.45, 7) is -10.9. The van der Waals surface area contributed by atoms with E-state index in [1.807, 2.05) is 0 Å². The molecule has 0 aliphatic heterocycles. The zero-order chi connectivity index (χ0) is 25.9. The Morgan fingerprint density at radius 2 is 2.40 bits per heavy atom. The molecule has 0 unspecified atom stereocenters. The third-order valence-corrected chi connectivity index (χ3v) is 3.79. The van der Waals surface area contributed by atoms with Gasteiger partial charge in [-0.25, -0.2) is 13.1 Å². The lowest BCUT2D eigenvalue weighted by Crippen LogP contribution is -2.20. The molecule has 0 atom stereocenters. The maximum absolute atomic E-state index is 12.1. The molecule has 5 nitrogen and oxygen atoms in total. The largest absolute Gasteiger partial charge is 0.361 e. The molecule has 0 fully saturated rings. The molecule has 0 aliphatic carbocycles. The Bertz CT molecular complexity index is 1140. The van der Waals surface area contributed by atoms with Crippen molar-refractivity contribution in [3.05, 3.63) is 35.5 Å². The molecule has 2 aromatic rings. The second-order valence-corrected chi connectivity index (χ2v) is 5.75. The van der Waals surface area contributed by atoms with Crippen LogP contribution in [0, 0.1) is 0 Å². The van der Waals surface area contributed by atoms with Gasteiger partial charge in [-0.2, -0.15) is 0 Å². The molecule has 0 amide bonds. The second kappa shape index (κ2) is 5.95. The van der Waals surface area contributed by atoms with Crippen molar-refractivity contribution in [3.8, 4) is 0 Å². The van der Waals surface area contributed by atoms with E-state index in [-0.39, 0.29) is 21.2 Å². The molecule has 2 N–H and O–H groups in total. The maximum Gasteiger partial charge on any atom is 0.215 e. The Kier molecular flexibility index (Phi) is 1.62. The van der Waals surface area contributed by atoms with Gasteiger partial charge in [0.15, 0.2) is 1.41 Å². The predicted octanol–water partition coefficient (Wildman–Crippen LogP) is 1.32. The molecule has 0 radical (unpaired) electrons. The number of hydrogen-bond donors (Lipinski definition) is 2. The number of aryl methyl sites for hydroxylation is 1. The number of sulfonamides is 1. The highest BCUT2D eigenvalue weighted by Crippen LogP contribution is 2.21. The average Bonchev–Trinajstić information content (AvgIpc) is 2.82. The number of hydrogen-bond acceptors (Lipinski definition) is 3. The van der Waals surface area contributed by atoms with Gasteiger partial charge in [0.05, 0.1) is 7.12 Å². The van der Waals surface area contributed by atoms with Gasteiger partial charge < -0.3 is 9.88 Å². The summed E-state index contributed by atoms with van der Waals surface area (Å²) in [6, 6.07) is 3.53. The number of aromatic nitrogens is 1. The van der Waals surface area contributed by atoms with Gasteiger partial charge in [-0.3, -0.25) is 0 Å². The number of likely N-dealkylation sites (N-methyl/N-ethyl adjacent to an activating group) is 1. The van der Waals surface area contributed by atoms with E-state index in [2.05, 4.69) is 0 Å². The molecule has 2 rings (SSSR count). The lowest BCUT2D eigenvalue weighted by Gasteiger charge is -2.08. The third-order valence-electron chi connectivity index (χ3n) is 2.54. The van der Waals surface area contributed by atoms with E-state index < -0.39 is 59.2 Å². The topological polar surface area (TPSA) is 65.2 Å². The van der Waals surface area contributed by atoms with Crippen LogP contribution < -0.4 is 4.72 Å². The summed E-state index contributed by atoms with van der Waals surface area (Å²) >= 11 is 0. The fourth-order valence-corrected chi connectivity index (χ4v) is 2.36. The molecular formula is C14H21N3O2S. The standard InChI is InChI=1S/C14H21N3O2S/c1-15-20(18,19)10-11-4-5-14-13(8-11)12(9-16-14)6-7-17(2)3/h4-5,8-9,15-16H,6-7,10H2,1-3H3/i2D3,3D3,6D2,7D2,9D/hD2. The zero-order valence-electron chi connectivity index (χ0n) is 23.5. The number of H-pyrrole nitrogens is 1. The van der Waals surface area contributed by atoms with Crippen LogP contribution in [0.1, 0.15) is 26.2 Å². The number of nitrogens with one attached hydrogen (secondary N) is 2. The van der Waals surface area contributed by atoms with Crippen LogP contribution in [0.25, 0.3) is 10.9 Å². The van der Waals surface area contributed by atoms with Gasteiger partial charge in [-0.05, 0) is 50.6 Å². The van der Waals surface area contributed by atoms with Crippen LogP contribution in [0.3, 0.4) is 0 Å². The van der Waals surface area contributed by atoms with Crippen molar-refractivity contribution in [2.45, 2.75) is 12.1 Å². The first-order chi connectivity index (χ1) is 14.6. The molecule has 1 aromatic carbocycles. The van der Waals surface area contributed by atoms with E-state index in [9.17, 15) is 8.42 Å². The van der Waals surface area contributed by atoms with E-state index in [0.717, 1.165) is 13.1 Å². The van der Waals surface area contributed by atoms with Crippen molar-refractivity contribution in [1.82, 2.24) is 14.6 Å². The highest BCUT2D eigenvalue weighted by atomic mass is 32.2. The monoisotopic (exact) mass is 308 g/mol. The maximum atomic E-state index is 12.1. The van der Waals surface area contributed by atoms with Crippen LogP contribution in [-0.4, -0.2) is 45.8 Å². The fourth-order valence-electron chi connectivity index (χ4n) is 1.63. The summed E-state index contributed by atoms with van der Waals surface area (Å²) in [4.78, 5) is -0.147. The van der Waals surface area contributed by atoms with Crippen LogP contribution in [-0.2, 0) is 22.1 Å². The van der Waals surface area contributed by atoms with Gasteiger partial charge in [-0.1, -0.05) is 6.07 Å². The van der Waals surface area contributed by atoms with Crippen molar-refractivity contribution in [1.29, 1.82) is 0 Å². The zero-order valence-corrected chi connectivity index (χ0v) is 11.3. The van der Waals surface area contributed by atoms with Crippen molar-refractivity contribution in [2.75, 3.05) is 27.5 Å². The first kappa shape index (κ1) is 5.44. The number of nitrogens with zero attached hydrogens (tertiary/aromatic N) is 1. The summed E-state index contributed by atoms with van der Waals surface area (Å²) in [5.74, 6) is -0.703. The predicted molar refractivity (Wildman–Crippen MR) is 82.2 cm³/mol. The molecule has 0 saturated carbocycles. The van der Waals surface area contributed by atoms with E-state index in [0.29, 0.717) is 4.98 Å². The molecule has 0 spiro atoms. The van der Waals surface area contributed by atoms with Gasteiger partial charge >= 0.3 is 0 Å². The molecule has 110 valence electrons. The summed E-state index contributed by atoms with van der Waals surface area (Å²) in [5, 5.41) is -0.278. The van der Waals surface area contributed by atoms with Gasteiger partial charge in [0.2, 0.25) is 10.0 Å². The Balaban J connectivity index is 2.82. The van der Waals surface area contributed by atoms with Gasteiger partial charge in [0.25, 0.3) is 0 Å². The van der Waals surface area contributed by atoms with Crippen molar-refractivity contribution < 1.29 is 26.3 Å². The van der Waals surface area contributed by atoms with Gasteiger partial charge in [-0.15, -0.1) is 0 Å². The Hall–Kier alpha value is -1.37. The number of fused-ring (bicyclic) bond motifs is 1. The molecule has 1 heterocycles. The molecule has 6 heteroatoms. The Labute approximate surface area is 138 Å². The molecule has 0 aliphatic rings. The first-order valence-corrected chi connectivity index (χ1v) is 7.07. The quantitative estimate of drug-likeness (QED) is 0.846. The van der Waals surface area contributed by atoms with Crippen molar-refractivity contribution in [3.63, 3.8) is 0 Å². The fraction of sp³-hybridized carbons (Fsp3) is 0.429. The molecular weight excluding hydrogens is 274 g/mol. The molecule has 0 bridgehead atoms. The van der Waals surface area contributed by atoms with E-state index in [1.54, 1.807) is 0 Å². The van der Waals surface area contributed by atoms with Crippen molar-refractivity contribution in [2.24, 2.45) is 0 Å². The lowest BCUT2D eigenvalue weighted by molar-refractivity contribution is 0.414. The Morgan fingerprint density at radius 1 is 1.60 bits per heavy atom. The second-order valence-electron chi connectivity index (χ2n) is 3.93. The molecule has 1 aromatic heterocycles. The van der Waals surface area contributed by atoms with Crippen LogP contribution >= 0.6 is 0 Å². The summed E-state index contributed by atoms with van der Waals surface area (Å²) in [5.41, 5.74) is -0.924. The van der Waals surface area contributed by atoms with Crippen LogP contribution in [0.4, 0.5) is 0 Å². The minimum absolute atomic E-state index is 0.0216. The number of rotatable bonds is 6. The number of aromatic amines is 1. The minimum Gasteiger partial charge on any atom is -0.361 e. The number of benzene rings is 1. The van der Waals surface area contributed by atoms with E-state index >= 15 is 0 Å². The lowest BCUT2D eigenvalue weighted by atomic mass is 10.1. The highest BCUT2D eigenvalue weighted by molar-refractivity contribution is 7.88. The van der Waals surface area contributed by atoms with Gasteiger partial charge in [0.1, 0.15) is 1.41 Å².